The van der Waals surface area contributed by atoms with Crippen LogP contribution in [-0.2, 0) is 4.74 Å². The first-order valence-electron chi connectivity index (χ1n) is 9.36. The number of ether oxygens (including phenoxy) is 1. The molecule has 4 heterocycles. The fraction of sp³-hybridized carbons (Fsp3) is 0.471. The summed E-state index contributed by atoms with van der Waals surface area (Å²) in [6.45, 7) is 1.86. The third-order valence-electron chi connectivity index (χ3n) is 4.82. The lowest BCUT2D eigenvalue weighted by molar-refractivity contribution is -0.0511. The second kappa shape index (κ2) is 7.95. The Balaban J connectivity index is 1.77. The van der Waals surface area contributed by atoms with Gasteiger partial charge in [0.1, 0.15) is 18.3 Å². The van der Waals surface area contributed by atoms with Gasteiger partial charge in [-0.25, -0.2) is 9.67 Å². The number of amides is 1. The number of nitrogens with one attached hydrogen (secondary N) is 2. The third-order valence-corrected chi connectivity index (χ3v) is 4.82. The summed E-state index contributed by atoms with van der Waals surface area (Å²) in [5.74, 6) is 0.293. The summed E-state index contributed by atoms with van der Waals surface area (Å²) in [6.07, 6.45) is -0.164. The maximum atomic E-state index is 12.0. The van der Waals surface area contributed by atoms with Gasteiger partial charge in [0, 0.05) is 19.8 Å². The van der Waals surface area contributed by atoms with Crippen molar-refractivity contribution in [3.8, 4) is 5.95 Å². The minimum absolute atomic E-state index is 0.163. The van der Waals surface area contributed by atoms with E-state index < -0.39 is 31.1 Å². The predicted octanol–water partition coefficient (Wildman–Crippen LogP) is -1.59. The quantitative estimate of drug-likeness (QED) is 0.314. The Hall–Kier alpha value is -3.13. The SMILES string of the molecule is CCNC(=O)c1cnn(-c2nc(NC)c3ncn(C4O[C@H](CO)[C@@H](O)[C@H]4O)c3n2)c1. The number of hydrogen-bond acceptors (Lipinski definition) is 10. The Bertz CT molecular complexity index is 1070. The van der Waals surface area contributed by atoms with Gasteiger partial charge < -0.3 is 30.7 Å². The first kappa shape index (κ1) is 20.2. The predicted molar refractivity (Wildman–Crippen MR) is 103 cm³/mol. The zero-order valence-electron chi connectivity index (χ0n) is 16.3. The van der Waals surface area contributed by atoms with E-state index in [4.69, 9.17) is 4.74 Å². The molecular formula is C17H22N8O5. The van der Waals surface area contributed by atoms with Gasteiger partial charge in [-0.15, -0.1) is 0 Å². The molecule has 30 heavy (non-hydrogen) atoms. The number of anilines is 1. The lowest BCUT2D eigenvalue weighted by Crippen LogP contribution is -2.33. The maximum absolute atomic E-state index is 12.0. The summed E-state index contributed by atoms with van der Waals surface area (Å²) < 4.78 is 8.39. The highest BCUT2D eigenvalue weighted by atomic mass is 16.6. The van der Waals surface area contributed by atoms with Crippen LogP contribution < -0.4 is 10.6 Å². The van der Waals surface area contributed by atoms with E-state index >= 15 is 0 Å². The van der Waals surface area contributed by atoms with Crippen LogP contribution in [0.1, 0.15) is 23.5 Å². The molecule has 4 atom stereocenters. The van der Waals surface area contributed by atoms with Crippen LogP contribution in [0.3, 0.4) is 0 Å². The number of hydrogen-bond donors (Lipinski definition) is 5. The van der Waals surface area contributed by atoms with Crippen LogP contribution in [0, 0.1) is 0 Å². The number of aromatic nitrogens is 6. The minimum atomic E-state index is -1.29. The number of carbonyl (C=O) groups excluding carboxylic acids is 1. The van der Waals surface area contributed by atoms with Crippen molar-refractivity contribution in [2.24, 2.45) is 0 Å². The second-order valence-corrected chi connectivity index (χ2v) is 6.71. The Morgan fingerprint density at radius 2 is 2.10 bits per heavy atom. The molecule has 0 bridgehead atoms. The number of fused-ring (bicyclic) bond motifs is 1. The molecule has 1 aliphatic rings. The van der Waals surface area contributed by atoms with E-state index in [9.17, 15) is 20.1 Å². The van der Waals surface area contributed by atoms with E-state index in [1.807, 2.05) is 6.92 Å². The summed E-state index contributed by atoms with van der Waals surface area (Å²) in [4.78, 5) is 25.2. The fourth-order valence-corrected chi connectivity index (χ4v) is 3.29. The van der Waals surface area contributed by atoms with Crippen LogP contribution >= 0.6 is 0 Å². The van der Waals surface area contributed by atoms with Crippen molar-refractivity contribution >= 4 is 22.9 Å². The van der Waals surface area contributed by atoms with Crippen molar-refractivity contribution in [2.75, 3.05) is 25.5 Å². The highest BCUT2D eigenvalue weighted by molar-refractivity contribution is 5.93. The zero-order chi connectivity index (χ0) is 21.4. The molecular weight excluding hydrogens is 396 g/mol. The topological polar surface area (TPSA) is 172 Å². The van der Waals surface area contributed by atoms with Crippen LogP contribution in [0.4, 0.5) is 5.82 Å². The molecule has 1 unspecified atom stereocenters. The average molecular weight is 418 g/mol. The normalized spacial score (nSPS) is 23.8. The molecule has 1 fully saturated rings. The van der Waals surface area contributed by atoms with Crippen LogP contribution in [-0.4, -0.2) is 89.0 Å². The molecule has 5 N–H and O–H groups in total. The van der Waals surface area contributed by atoms with Gasteiger partial charge in [-0.05, 0) is 6.92 Å². The number of aliphatic hydroxyl groups is 3. The van der Waals surface area contributed by atoms with Crippen molar-refractivity contribution in [3.63, 3.8) is 0 Å². The largest absolute Gasteiger partial charge is 0.394 e. The Kier molecular flexibility index (Phi) is 5.34. The summed E-state index contributed by atoms with van der Waals surface area (Å²) >= 11 is 0. The van der Waals surface area contributed by atoms with Gasteiger partial charge in [-0.1, -0.05) is 0 Å². The zero-order valence-corrected chi connectivity index (χ0v) is 16.3. The molecule has 13 heteroatoms. The monoisotopic (exact) mass is 418 g/mol. The summed E-state index contributed by atoms with van der Waals surface area (Å²) in [7, 11) is 1.67. The Morgan fingerprint density at radius 3 is 2.77 bits per heavy atom. The van der Waals surface area contributed by atoms with Crippen LogP contribution in [0.25, 0.3) is 17.1 Å². The number of rotatable bonds is 6. The molecule has 0 aliphatic carbocycles. The number of aliphatic hydroxyl groups excluding tert-OH is 3. The van der Waals surface area contributed by atoms with Gasteiger partial charge in [-0.3, -0.25) is 9.36 Å². The van der Waals surface area contributed by atoms with E-state index in [0.717, 1.165) is 0 Å². The molecule has 0 saturated carbocycles. The van der Waals surface area contributed by atoms with Gasteiger partial charge in [0.05, 0.1) is 24.7 Å². The number of carbonyl (C=O) groups is 1. The molecule has 13 nitrogen and oxygen atoms in total. The summed E-state index contributed by atoms with van der Waals surface area (Å²) in [5, 5.41) is 39.6. The fourth-order valence-electron chi connectivity index (χ4n) is 3.29. The Morgan fingerprint density at radius 1 is 1.30 bits per heavy atom. The van der Waals surface area contributed by atoms with E-state index in [0.29, 0.717) is 29.1 Å². The number of nitrogens with zero attached hydrogens (tertiary/aromatic N) is 6. The molecule has 0 spiro atoms. The van der Waals surface area contributed by atoms with Crippen LogP contribution in [0.5, 0.6) is 0 Å². The summed E-state index contributed by atoms with van der Waals surface area (Å²) in [6, 6.07) is 0. The van der Waals surface area contributed by atoms with Gasteiger partial charge in [0.15, 0.2) is 23.2 Å². The van der Waals surface area contributed by atoms with E-state index in [2.05, 4.69) is 30.7 Å². The minimum Gasteiger partial charge on any atom is -0.394 e. The molecule has 3 aromatic heterocycles. The first-order valence-corrected chi connectivity index (χ1v) is 9.36. The second-order valence-electron chi connectivity index (χ2n) is 6.71. The molecule has 1 aliphatic heterocycles. The maximum Gasteiger partial charge on any atom is 0.254 e. The highest BCUT2D eigenvalue weighted by Crippen LogP contribution is 2.32. The van der Waals surface area contributed by atoms with E-state index in [1.54, 1.807) is 7.05 Å². The lowest BCUT2D eigenvalue weighted by Gasteiger charge is -2.17. The van der Waals surface area contributed by atoms with Crippen LogP contribution in [0.15, 0.2) is 18.7 Å². The lowest BCUT2D eigenvalue weighted by atomic mass is 10.1. The molecule has 160 valence electrons. The van der Waals surface area contributed by atoms with Gasteiger partial charge in [0.2, 0.25) is 0 Å². The van der Waals surface area contributed by atoms with Gasteiger partial charge in [-0.2, -0.15) is 15.1 Å². The highest BCUT2D eigenvalue weighted by Gasteiger charge is 2.44. The average Bonchev–Trinajstić information content (AvgIpc) is 3.46. The van der Waals surface area contributed by atoms with Crippen molar-refractivity contribution in [1.82, 2.24) is 34.6 Å². The first-order chi connectivity index (χ1) is 14.5. The smallest absolute Gasteiger partial charge is 0.254 e. The molecule has 0 radical (unpaired) electrons. The standard InChI is InChI=1S/C17H22N8O5/c1-3-19-15(29)8-4-21-25(5-8)17-22-13(18-2)10-14(23-17)24(7-20-10)16-12(28)11(27)9(6-26)30-16/h4-5,7,9,11-12,16,26-28H,3,6H2,1-2H3,(H,19,29)(H,18,22,23)/t9-,11-,12-,16?/m1/s1. The Labute approximate surface area is 170 Å². The van der Waals surface area contributed by atoms with Gasteiger partial charge >= 0.3 is 0 Å². The van der Waals surface area contributed by atoms with Crippen LogP contribution in [0.2, 0.25) is 0 Å². The van der Waals surface area contributed by atoms with Crippen molar-refractivity contribution < 1.29 is 24.9 Å². The van der Waals surface area contributed by atoms with Crippen molar-refractivity contribution in [1.29, 1.82) is 0 Å². The number of imidazole rings is 1. The molecule has 1 saturated heterocycles. The molecule has 4 rings (SSSR count). The van der Waals surface area contributed by atoms with Gasteiger partial charge in [0.25, 0.3) is 11.9 Å². The summed E-state index contributed by atoms with van der Waals surface area (Å²) in [5.41, 5.74) is 1.08. The molecule has 3 aromatic rings. The molecule has 1 amide bonds. The molecule has 0 aromatic carbocycles. The van der Waals surface area contributed by atoms with E-state index in [1.165, 1.54) is 28.0 Å². The van der Waals surface area contributed by atoms with Crippen molar-refractivity contribution in [2.45, 2.75) is 31.5 Å². The van der Waals surface area contributed by atoms with E-state index in [-0.39, 0.29) is 11.9 Å². The van der Waals surface area contributed by atoms with Crippen molar-refractivity contribution in [3.05, 3.63) is 24.3 Å². The third kappa shape index (κ3) is 3.27.